The predicted octanol–water partition coefficient (Wildman–Crippen LogP) is 3.54. The van der Waals surface area contributed by atoms with Crippen LogP contribution >= 0.6 is 23.2 Å². The van der Waals surface area contributed by atoms with Crippen molar-refractivity contribution in [3.63, 3.8) is 0 Å². The molecule has 4 heteroatoms. The van der Waals surface area contributed by atoms with Crippen molar-refractivity contribution >= 4 is 23.2 Å². The monoisotopic (exact) mass is 262 g/mol. The van der Waals surface area contributed by atoms with Gasteiger partial charge in [0.25, 0.3) is 0 Å². The quantitative estimate of drug-likeness (QED) is 0.553. The van der Waals surface area contributed by atoms with E-state index >= 15 is 0 Å². The summed E-state index contributed by atoms with van der Waals surface area (Å²) in [6.07, 6.45) is 1.83. The first kappa shape index (κ1) is 13.6. The molecule has 1 rings (SSSR count). The van der Waals surface area contributed by atoms with Crippen LogP contribution in [0.3, 0.4) is 0 Å². The van der Waals surface area contributed by atoms with Crippen molar-refractivity contribution in [1.82, 2.24) is 0 Å². The Labute approximate surface area is 106 Å². The highest BCUT2D eigenvalue weighted by molar-refractivity contribution is 6.30. The van der Waals surface area contributed by atoms with Gasteiger partial charge in [-0.25, -0.2) is 0 Å². The van der Waals surface area contributed by atoms with E-state index in [9.17, 15) is 0 Å². The van der Waals surface area contributed by atoms with Crippen molar-refractivity contribution in [2.75, 3.05) is 26.2 Å². The minimum atomic E-state index is 0.542. The van der Waals surface area contributed by atoms with E-state index in [0.29, 0.717) is 19.1 Å². The Balaban J connectivity index is 2.42. The average molecular weight is 263 g/mol. The summed E-state index contributed by atoms with van der Waals surface area (Å²) in [5, 5.41) is 0.734. The second kappa shape index (κ2) is 7.77. The molecule has 2 nitrogen and oxygen atoms in total. The molecular weight excluding hydrogens is 247 g/mol. The van der Waals surface area contributed by atoms with Crippen LogP contribution in [0.1, 0.15) is 12.0 Å². The molecule has 0 heterocycles. The lowest BCUT2D eigenvalue weighted by molar-refractivity contribution is 0.147. The molecular formula is C12H16Cl2O2. The Hall–Kier alpha value is -0.440. The van der Waals surface area contributed by atoms with Crippen LogP contribution in [0.25, 0.3) is 0 Å². The first-order valence-corrected chi connectivity index (χ1v) is 6.15. The molecule has 0 unspecified atom stereocenters. The van der Waals surface area contributed by atoms with Gasteiger partial charge in [0.2, 0.25) is 0 Å². The van der Waals surface area contributed by atoms with E-state index in [-0.39, 0.29) is 0 Å². The number of benzene rings is 1. The van der Waals surface area contributed by atoms with Crippen molar-refractivity contribution < 1.29 is 9.47 Å². The maximum atomic E-state index is 5.93. The van der Waals surface area contributed by atoms with Crippen LogP contribution < -0.4 is 4.74 Å². The summed E-state index contributed by atoms with van der Waals surface area (Å²) in [6, 6.07) is 5.65. The smallest absolute Gasteiger partial charge is 0.122 e. The molecule has 0 atom stereocenters. The fraction of sp³-hybridized carbons (Fsp3) is 0.500. The maximum absolute atomic E-state index is 5.93. The minimum absolute atomic E-state index is 0.542. The topological polar surface area (TPSA) is 18.5 Å². The molecule has 0 aliphatic carbocycles. The van der Waals surface area contributed by atoms with E-state index in [1.807, 2.05) is 18.2 Å². The Bertz CT molecular complexity index is 316. The van der Waals surface area contributed by atoms with E-state index < -0.39 is 0 Å². The van der Waals surface area contributed by atoms with E-state index in [1.54, 1.807) is 7.11 Å². The molecule has 90 valence electrons. The first-order valence-electron chi connectivity index (χ1n) is 5.24. The lowest BCUT2D eigenvalue weighted by Gasteiger charge is -2.08. The van der Waals surface area contributed by atoms with Gasteiger partial charge < -0.3 is 9.47 Å². The van der Waals surface area contributed by atoms with E-state index in [0.717, 1.165) is 29.2 Å². The fourth-order valence-electron chi connectivity index (χ4n) is 1.46. The third kappa shape index (κ3) is 4.60. The molecule has 0 aromatic heterocycles. The summed E-state index contributed by atoms with van der Waals surface area (Å²) in [4.78, 5) is 0. The fourth-order valence-corrected chi connectivity index (χ4v) is 1.77. The number of rotatable bonds is 7. The van der Waals surface area contributed by atoms with Crippen molar-refractivity contribution in [1.29, 1.82) is 0 Å². The Morgan fingerprint density at radius 2 is 2.06 bits per heavy atom. The summed E-state index contributed by atoms with van der Waals surface area (Å²) in [5.41, 5.74) is 1.12. The highest BCUT2D eigenvalue weighted by Gasteiger charge is 2.03. The number of hydrogen-bond donors (Lipinski definition) is 0. The van der Waals surface area contributed by atoms with Gasteiger partial charge in [-0.1, -0.05) is 11.6 Å². The van der Waals surface area contributed by atoms with Crippen LogP contribution in [-0.2, 0) is 11.2 Å². The van der Waals surface area contributed by atoms with Gasteiger partial charge in [-0.3, -0.25) is 0 Å². The molecule has 0 spiro atoms. The van der Waals surface area contributed by atoms with Crippen molar-refractivity contribution in [3.05, 3.63) is 28.8 Å². The highest BCUT2D eigenvalue weighted by Crippen LogP contribution is 2.23. The molecule has 16 heavy (non-hydrogen) atoms. The van der Waals surface area contributed by atoms with Crippen LogP contribution in [0.2, 0.25) is 5.02 Å². The minimum Gasteiger partial charge on any atom is -0.496 e. The largest absolute Gasteiger partial charge is 0.496 e. The van der Waals surface area contributed by atoms with Gasteiger partial charge in [-0.2, -0.15) is 0 Å². The molecule has 0 bridgehead atoms. The van der Waals surface area contributed by atoms with Crippen molar-refractivity contribution in [2.45, 2.75) is 12.8 Å². The van der Waals surface area contributed by atoms with E-state index in [2.05, 4.69) is 0 Å². The van der Waals surface area contributed by atoms with Crippen molar-refractivity contribution in [3.8, 4) is 5.75 Å². The average Bonchev–Trinajstić information content (AvgIpc) is 2.29. The third-order valence-corrected chi connectivity index (χ3v) is 2.59. The van der Waals surface area contributed by atoms with Gasteiger partial charge in [-0.05, 0) is 36.6 Å². The molecule has 0 amide bonds. The van der Waals surface area contributed by atoms with Gasteiger partial charge in [0.05, 0.1) is 13.7 Å². The van der Waals surface area contributed by atoms with Gasteiger partial charge in [0.15, 0.2) is 0 Å². The lowest BCUT2D eigenvalue weighted by atomic mass is 10.1. The molecule has 0 aliphatic rings. The number of methoxy groups -OCH3 is 1. The third-order valence-electron chi connectivity index (χ3n) is 2.20. The second-order valence-corrected chi connectivity index (χ2v) is 4.18. The van der Waals surface area contributed by atoms with Crippen molar-refractivity contribution in [2.24, 2.45) is 0 Å². The Morgan fingerprint density at radius 1 is 1.25 bits per heavy atom. The summed E-state index contributed by atoms with van der Waals surface area (Å²) < 4.78 is 10.6. The van der Waals surface area contributed by atoms with Crippen LogP contribution in [0, 0.1) is 0 Å². The number of ether oxygens (including phenoxy) is 2. The highest BCUT2D eigenvalue weighted by atomic mass is 35.5. The second-order valence-electron chi connectivity index (χ2n) is 3.36. The maximum Gasteiger partial charge on any atom is 0.122 e. The zero-order valence-corrected chi connectivity index (χ0v) is 10.9. The van der Waals surface area contributed by atoms with E-state index in [1.165, 1.54) is 0 Å². The number of hydrogen-bond acceptors (Lipinski definition) is 2. The lowest BCUT2D eigenvalue weighted by Crippen LogP contribution is -2.00. The molecule has 0 fully saturated rings. The molecule has 0 saturated carbocycles. The zero-order chi connectivity index (χ0) is 11.8. The molecule has 0 N–H and O–H groups in total. The van der Waals surface area contributed by atoms with Crippen LogP contribution in [0.4, 0.5) is 0 Å². The normalized spacial score (nSPS) is 10.4. The van der Waals surface area contributed by atoms with Gasteiger partial charge in [-0.15, -0.1) is 11.6 Å². The van der Waals surface area contributed by atoms with Gasteiger partial charge >= 0.3 is 0 Å². The van der Waals surface area contributed by atoms with Gasteiger partial charge in [0.1, 0.15) is 5.75 Å². The predicted molar refractivity (Wildman–Crippen MR) is 67.9 cm³/mol. The Kier molecular flexibility index (Phi) is 6.62. The summed E-state index contributed by atoms with van der Waals surface area (Å²) in [6.45, 7) is 1.32. The molecule has 0 saturated heterocycles. The van der Waals surface area contributed by atoms with Crippen LogP contribution in [-0.4, -0.2) is 26.2 Å². The standard InChI is InChI=1S/C12H16Cl2O2/c1-15-12-5-4-11(14)9-10(12)3-2-7-16-8-6-13/h4-5,9H,2-3,6-8H2,1H3. The molecule has 1 aromatic carbocycles. The van der Waals surface area contributed by atoms with E-state index in [4.69, 9.17) is 32.7 Å². The Morgan fingerprint density at radius 3 is 2.75 bits per heavy atom. The SMILES string of the molecule is COc1ccc(Cl)cc1CCCOCCCl. The molecule has 0 radical (unpaired) electrons. The number of halogens is 2. The zero-order valence-electron chi connectivity index (χ0n) is 9.34. The first-order chi connectivity index (χ1) is 7.77. The molecule has 1 aromatic rings. The summed E-state index contributed by atoms with van der Waals surface area (Å²) in [5.74, 6) is 1.42. The number of alkyl halides is 1. The summed E-state index contributed by atoms with van der Waals surface area (Å²) >= 11 is 11.4. The van der Waals surface area contributed by atoms with Gasteiger partial charge in [0, 0.05) is 17.5 Å². The number of aryl methyl sites for hydroxylation is 1. The van der Waals surface area contributed by atoms with Crippen LogP contribution in [0.5, 0.6) is 5.75 Å². The molecule has 0 aliphatic heterocycles. The van der Waals surface area contributed by atoms with Crippen LogP contribution in [0.15, 0.2) is 18.2 Å². The summed E-state index contributed by atoms with van der Waals surface area (Å²) in [7, 11) is 1.66.